The van der Waals surface area contributed by atoms with Gasteiger partial charge in [0.1, 0.15) is 0 Å². The van der Waals surface area contributed by atoms with Crippen molar-refractivity contribution >= 4 is 5.91 Å². The van der Waals surface area contributed by atoms with E-state index >= 15 is 0 Å². The average Bonchev–Trinajstić information content (AvgIpc) is 2.05. The smallest absolute Gasteiger partial charge is 0.221 e. The molecule has 3 heteroatoms. The third-order valence-electron chi connectivity index (χ3n) is 2.65. The summed E-state index contributed by atoms with van der Waals surface area (Å²) in [6.07, 6.45) is 2.95. The van der Waals surface area contributed by atoms with Crippen molar-refractivity contribution in [1.29, 1.82) is 0 Å². The zero-order chi connectivity index (χ0) is 8.55. The van der Waals surface area contributed by atoms with Crippen LogP contribution in [0.3, 0.4) is 0 Å². The molecule has 0 radical (unpaired) electrons. The van der Waals surface area contributed by atoms with Gasteiger partial charge in [-0.3, -0.25) is 10.1 Å². The molecule has 0 aliphatic carbocycles. The first-order valence-corrected chi connectivity index (χ1v) is 4.45. The van der Waals surface area contributed by atoms with E-state index < -0.39 is 0 Å². The van der Waals surface area contributed by atoms with Crippen LogP contribution < -0.4 is 10.6 Å². The van der Waals surface area contributed by atoms with Crippen LogP contribution in [0.15, 0.2) is 12.2 Å². The van der Waals surface area contributed by atoms with E-state index in [1.807, 2.05) is 0 Å². The Bertz CT molecular complexity index is 201. The molecule has 2 saturated heterocycles. The Morgan fingerprint density at radius 1 is 1.50 bits per heavy atom. The molecule has 2 rings (SSSR count). The molecule has 12 heavy (non-hydrogen) atoms. The lowest BCUT2D eigenvalue weighted by molar-refractivity contribution is -0.125. The molecule has 0 spiro atoms. The van der Waals surface area contributed by atoms with Crippen LogP contribution in [0.1, 0.15) is 19.3 Å². The molecule has 2 fully saturated rings. The van der Waals surface area contributed by atoms with Crippen LogP contribution >= 0.6 is 0 Å². The van der Waals surface area contributed by atoms with Gasteiger partial charge < -0.3 is 5.32 Å². The number of amides is 1. The van der Waals surface area contributed by atoms with Crippen molar-refractivity contribution < 1.29 is 4.79 Å². The second-order valence-corrected chi connectivity index (χ2v) is 3.68. The minimum atomic E-state index is 0.177. The lowest BCUT2D eigenvalue weighted by Gasteiger charge is -2.37. The van der Waals surface area contributed by atoms with E-state index in [-0.39, 0.29) is 12.1 Å². The third-order valence-corrected chi connectivity index (χ3v) is 2.65. The number of hydrogen-bond donors (Lipinski definition) is 2. The molecule has 2 aliphatic heterocycles. The van der Waals surface area contributed by atoms with E-state index in [0.717, 1.165) is 19.4 Å². The Labute approximate surface area is 72.2 Å². The molecule has 0 saturated carbocycles. The Morgan fingerprint density at radius 2 is 2.33 bits per heavy atom. The summed E-state index contributed by atoms with van der Waals surface area (Å²) < 4.78 is 0. The van der Waals surface area contributed by atoms with E-state index in [2.05, 4.69) is 17.2 Å². The monoisotopic (exact) mass is 166 g/mol. The molecule has 66 valence electrons. The van der Waals surface area contributed by atoms with Crippen LogP contribution in [-0.2, 0) is 4.79 Å². The van der Waals surface area contributed by atoms with E-state index in [0.29, 0.717) is 12.3 Å². The standard InChI is InChI=1S/C9H14N2O/c1-6-4-7-2-3-8(12)11-9(7)10-5-6/h7,9-10H,1-5H2,(H,11,12). The predicted octanol–water partition coefficient (Wildman–Crippen LogP) is 0.388. The lowest BCUT2D eigenvalue weighted by Crippen LogP contribution is -2.56. The van der Waals surface area contributed by atoms with Gasteiger partial charge in [-0.1, -0.05) is 12.2 Å². The van der Waals surface area contributed by atoms with Crippen LogP contribution in [0.5, 0.6) is 0 Å². The summed E-state index contributed by atoms with van der Waals surface area (Å²) in [5.41, 5.74) is 1.26. The van der Waals surface area contributed by atoms with Crippen LogP contribution in [0.4, 0.5) is 0 Å². The Kier molecular flexibility index (Phi) is 1.89. The Morgan fingerprint density at radius 3 is 3.17 bits per heavy atom. The van der Waals surface area contributed by atoms with Gasteiger partial charge in [0.15, 0.2) is 0 Å². The quantitative estimate of drug-likeness (QED) is 0.511. The van der Waals surface area contributed by atoms with Gasteiger partial charge in [-0.25, -0.2) is 0 Å². The summed E-state index contributed by atoms with van der Waals surface area (Å²) in [7, 11) is 0. The van der Waals surface area contributed by atoms with E-state index in [1.54, 1.807) is 0 Å². The number of rotatable bonds is 0. The molecule has 0 bridgehead atoms. The maximum absolute atomic E-state index is 11.0. The van der Waals surface area contributed by atoms with Crippen molar-refractivity contribution in [3.8, 4) is 0 Å². The van der Waals surface area contributed by atoms with Gasteiger partial charge >= 0.3 is 0 Å². The molecule has 2 N–H and O–H groups in total. The van der Waals surface area contributed by atoms with E-state index in [4.69, 9.17) is 0 Å². The Balaban J connectivity index is 2.02. The maximum Gasteiger partial charge on any atom is 0.221 e. The molecule has 1 amide bonds. The van der Waals surface area contributed by atoms with Gasteiger partial charge in [-0.2, -0.15) is 0 Å². The van der Waals surface area contributed by atoms with Crippen molar-refractivity contribution in [1.82, 2.24) is 10.6 Å². The summed E-state index contributed by atoms with van der Waals surface area (Å²) in [6, 6.07) is 0. The molecule has 0 aromatic carbocycles. The highest BCUT2D eigenvalue weighted by Crippen LogP contribution is 2.25. The molecular formula is C9H14N2O. The maximum atomic E-state index is 11.0. The highest BCUT2D eigenvalue weighted by atomic mass is 16.1. The fourth-order valence-electron chi connectivity index (χ4n) is 1.98. The van der Waals surface area contributed by atoms with Crippen molar-refractivity contribution in [2.75, 3.05) is 6.54 Å². The zero-order valence-electron chi connectivity index (χ0n) is 7.10. The van der Waals surface area contributed by atoms with Gasteiger partial charge in [-0.15, -0.1) is 0 Å². The number of hydrogen-bond acceptors (Lipinski definition) is 2. The van der Waals surface area contributed by atoms with E-state index in [1.165, 1.54) is 5.57 Å². The highest BCUT2D eigenvalue weighted by molar-refractivity contribution is 5.77. The van der Waals surface area contributed by atoms with Crippen molar-refractivity contribution in [3.05, 3.63) is 12.2 Å². The zero-order valence-corrected chi connectivity index (χ0v) is 7.10. The molecule has 2 heterocycles. The fourth-order valence-corrected chi connectivity index (χ4v) is 1.98. The Hall–Kier alpha value is -0.830. The summed E-state index contributed by atoms with van der Waals surface area (Å²) in [4.78, 5) is 11.0. The molecule has 0 aromatic heterocycles. The van der Waals surface area contributed by atoms with Gasteiger partial charge in [0.05, 0.1) is 6.17 Å². The second-order valence-electron chi connectivity index (χ2n) is 3.68. The van der Waals surface area contributed by atoms with Gasteiger partial charge in [-0.05, 0) is 18.8 Å². The minimum Gasteiger partial charge on any atom is -0.340 e. The van der Waals surface area contributed by atoms with Gasteiger partial charge in [0.2, 0.25) is 5.91 Å². The van der Waals surface area contributed by atoms with Gasteiger partial charge in [0.25, 0.3) is 0 Å². The SMILES string of the molecule is C=C1CNC2NC(=O)CCC2C1. The molecule has 2 atom stereocenters. The topological polar surface area (TPSA) is 41.1 Å². The minimum absolute atomic E-state index is 0.177. The average molecular weight is 166 g/mol. The molecule has 0 aromatic rings. The lowest BCUT2D eigenvalue weighted by atomic mass is 9.86. The van der Waals surface area contributed by atoms with Crippen molar-refractivity contribution in [2.24, 2.45) is 5.92 Å². The van der Waals surface area contributed by atoms with Crippen LogP contribution in [0.2, 0.25) is 0 Å². The number of fused-ring (bicyclic) bond motifs is 1. The number of carbonyl (C=O) groups is 1. The molecule has 2 unspecified atom stereocenters. The number of piperidine rings is 2. The number of carbonyl (C=O) groups excluding carboxylic acids is 1. The van der Waals surface area contributed by atoms with Gasteiger partial charge in [0, 0.05) is 13.0 Å². The van der Waals surface area contributed by atoms with E-state index in [9.17, 15) is 4.79 Å². The van der Waals surface area contributed by atoms with Crippen LogP contribution in [-0.4, -0.2) is 18.6 Å². The second kappa shape index (κ2) is 2.90. The van der Waals surface area contributed by atoms with Crippen LogP contribution in [0.25, 0.3) is 0 Å². The molecule has 2 aliphatic rings. The summed E-state index contributed by atoms with van der Waals surface area (Å²) in [5, 5.41) is 6.22. The summed E-state index contributed by atoms with van der Waals surface area (Å²) in [6.45, 7) is 4.80. The predicted molar refractivity (Wildman–Crippen MR) is 46.4 cm³/mol. The summed E-state index contributed by atoms with van der Waals surface area (Å²) >= 11 is 0. The number of nitrogens with one attached hydrogen (secondary N) is 2. The van der Waals surface area contributed by atoms with Crippen LogP contribution in [0, 0.1) is 5.92 Å². The molecular weight excluding hydrogens is 152 g/mol. The fraction of sp³-hybridized carbons (Fsp3) is 0.667. The first-order chi connectivity index (χ1) is 5.75. The first kappa shape index (κ1) is 7.80. The first-order valence-electron chi connectivity index (χ1n) is 4.45. The normalized spacial score (nSPS) is 35.7. The van der Waals surface area contributed by atoms with Crippen molar-refractivity contribution in [3.63, 3.8) is 0 Å². The summed E-state index contributed by atoms with van der Waals surface area (Å²) in [5.74, 6) is 0.750. The third kappa shape index (κ3) is 1.37. The van der Waals surface area contributed by atoms with Crippen molar-refractivity contribution in [2.45, 2.75) is 25.4 Å². The largest absolute Gasteiger partial charge is 0.340 e. The highest BCUT2D eigenvalue weighted by Gasteiger charge is 2.31. The molecule has 3 nitrogen and oxygen atoms in total.